The van der Waals surface area contributed by atoms with Crippen molar-refractivity contribution < 1.29 is 22.6 Å². The van der Waals surface area contributed by atoms with Crippen molar-refractivity contribution in [3.8, 4) is 5.75 Å². The number of halogens is 3. The van der Waals surface area contributed by atoms with Crippen LogP contribution in [0.15, 0.2) is 24.3 Å². The minimum atomic E-state index is -4.61. The lowest BCUT2D eigenvalue weighted by Gasteiger charge is -2.11. The van der Waals surface area contributed by atoms with Gasteiger partial charge < -0.3 is 10.5 Å². The summed E-state index contributed by atoms with van der Waals surface area (Å²) in [6, 6.07) is 6.90. The molecule has 0 radical (unpaired) electrons. The average Bonchev–Trinajstić information content (AvgIpc) is 2.23. The SMILES string of the molecule is NCc1ccccc1OCCOC(F)(F)F. The highest BCUT2D eigenvalue weighted by Crippen LogP contribution is 2.18. The zero-order valence-electron chi connectivity index (χ0n) is 8.46. The Balaban J connectivity index is 2.37. The van der Waals surface area contributed by atoms with E-state index in [1.807, 2.05) is 0 Å². The summed E-state index contributed by atoms with van der Waals surface area (Å²) in [5, 5.41) is 0. The normalized spacial score (nSPS) is 11.5. The number of rotatable bonds is 5. The fourth-order valence-electron chi connectivity index (χ4n) is 1.12. The lowest BCUT2D eigenvalue weighted by atomic mass is 10.2. The second kappa shape index (κ2) is 5.72. The summed E-state index contributed by atoms with van der Waals surface area (Å²) in [5.41, 5.74) is 6.18. The Labute approximate surface area is 91.0 Å². The van der Waals surface area contributed by atoms with E-state index >= 15 is 0 Å². The molecule has 0 fully saturated rings. The molecule has 0 heterocycles. The number of hydrogen-bond acceptors (Lipinski definition) is 3. The molecule has 0 saturated carbocycles. The number of hydrogen-bond donors (Lipinski definition) is 1. The Kier molecular flexibility index (Phi) is 4.57. The fourth-order valence-corrected chi connectivity index (χ4v) is 1.12. The predicted octanol–water partition coefficient (Wildman–Crippen LogP) is 2.06. The zero-order valence-corrected chi connectivity index (χ0v) is 8.46. The first kappa shape index (κ1) is 12.8. The van der Waals surface area contributed by atoms with E-state index in [0.717, 1.165) is 5.56 Å². The molecule has 0 aliphatic rings. The van der Waals surface area contributed by atoms with Gasteiger partial charge in [-0.15, -0.1) is 13.2 Å². The highest BCUT2D eigenvalue weighted by molar-refractivity contribution is 5.32. The first-order chi connectivity index (χ1) is 7.53. The van der Waals surface area contributed by atoms with Crippen molar-refractivity contribution in [2.24, 2.45) is 5.73 Å². The number of alkyl halides is 3. The van der Waals surface area contributed by atoms with E-state index in [4.69, 9.17) is 10.5 Å². The molecule has 0 unspecified atom stereocenters. The molecule has 0 saturated heterocycles. The first-order valence-electron chi connectivity index (χ1n) is 4.64. The lowest BCUT2D eigenvalue weighted by molar-refractivity contribution is -0.325. The molecule has 0 aromatic heterocycles. The minimum Gasteiger partial charge on any atom is -0.491 e. The van der Waals surface area contributed by atoms with Gasteiger partial charge in [-0.3, -0.25) is 4.74 Å². The molecule has 0 aliphatic heterocycles. The average molecular weight is 235 g/mol. The topological polar surface area (TPSA) is 44.5 Å². The standard InChI is InChI=1S/C10H12F3NO2/c11-10(12,13)16-6-5-15-9-4-2-1-3-8(9)7-14/h1-4H,5-7,14H2. The smallest absolute Gasteiger partial charge is 0.491 e. The molecule has 6 heteroatoms. The summed E-state index contributed by atoms with van der Waals surface area (Å²) >= 11 is 0. The highest BCUT2D eigenvalue weighted by Gasteiger charge is 2.28. The molecule has 0 atom stereocenters. The molecule has 0 aliphatic carbocycles. The van der Waals surface area contributed by atoms with Crippen LogP contribution in [-0.2, 0) is 11.3 Å². The third-order valence-electron chi connectivity index (χ3n) is 1.80. The summed E-state index contributed by atoms with van der Waals surface area (Å²) in [7, 11) is 0. The van der Waals surface area contributed by atoms with Gasteiger partial charge >= 0.3 is 6.36 Å². The van der Waals surface area contributed by atoms with Crippen LogP contribution in [0.4, 0.5) is 13.2 Å². The molecule has 16 heavy (non-hydrogen) atoms. The minimum absolute atomic E-state index is 0.170. The molecule has 2 N–H and O–H groups in total. The predicted molar refractivity (Wildman–Crippen MR) is 51.8 cm³/mol. The van der Waals surface area contributed by atoms with Crippen molar-refractivity contribution in [1.29, 1.82) is 0 Å². The van der Waals surface area contributed by atoms with Crippen molar-refractivity contribution in [1.82, 2.24) is 0 Å². The Morgan fingerprint density at radius 1 is 1.12 bits per heavy atom. The van der Waals surface area contributed by atoms with Crippen LogP contribution in [0.3, 0.4) is 0 Å². The molecule has 0 bridgehead atoms. The van der Waals surface area contributed by atoms with Crippen LogP contribution in [0.5, 0.6) is 5.75 Å². The summed E-state index contributed by atoms with van der Waals surface area (Å²) < 4.78 is 43.6. The van der Waals surface area contributed by atoms with Gasteiger partial charge in [-0.1, -0.05) is 18.2 Å². The van der Waals surface area contributed by atoms with Crippen molar-refractivity contribution in [2.75, 3.05) is 13.2 Å². The monoisotopic (exact) mass is 235 g/mol. The van der Waals surface area contributed by atoms with E-state index in [0.29, 0.717) is 5.75 Å². The molecular formula is C10H12F3NO2. The van der Waals surface area contributed by atoms with E-state index in [2.05, 4.69) is 4.74 Å². The molecule has 90 valence electrons. The van der Waals surface area contributed by atoms with Gasteiger partial charge in [0, 0.05) is 12.1 Å². The first-order valence-corrected chi connectivity index (χ1v) is 4.64. The summed E-state index contributed by atoms with van der Waals surface area (Å²) in [5.74, 6) is 0.482. The van der Waals surface area contributed by atoms with Crippen LogP contribution < -0.4 is 10.5 Å². The van der Waals surface area contributed by atoms with Crippen LogP contribution in [0, 0.1) is 0 Å². The van der Waals surface area contributed by atoms with Gasteiger partial charge in [-0.05, 0) is 6.07 Å². The molecular weight excluding hydrogens is 223 g/mol. The van der Waals surface area contributed by atoms with E-state index in [-0.39, 0.29) is 13.2 Å². The number of benzene rings is 1. The third-order valence-corrected chi connectivity index (χ3v) is 1.80. The van der Waals surface area contributed by atoms with Gasteiger partial charge in [0.25, 0.3) is 0 Å². The van der Waals surface area contributed by atoms with E-state index in [1.54, 1.807) is 24.3 Å². The molecule has 1 rings (SSSR count). The Bertz CT molecular complexity index is 328. The number of ether oxygens (including phenoxy) is 2. The molecule has 0 amide bonds. The van der Waals surface area contributed by atoms with Crippen LogP contribution in [-0.4, -0.2) is 19.6 Å². The summed E-state index contributed by atoms with van der Waals surface area (Å²) in [6.45, 7) is -0.435. The van der Waals surface area contributed by atoms with Crippen LogP contribution in [0.2, 0.25) is 0 Å². The van der Waals surface area contributed by atoms with Gasteiger partial charge in [-0.25, -0.2) is 0 Å². The van der Waals surface area contributed by atoms with Gasteiger partial charge in [0.05, 0.1) is 6.61 Å². The molecule has 1 aromatic carbocycles. The van der Waals surface area contributed by atoms with Crippen LogP contribution in [0.25, 0.3) is 0 Å². The zero-order chi connectivity index (χ0) is 12.0. The van der Waals surface area contributed by atoms with E-state index in [1.165, 1.54) is 0 Å². The number of para-hydroxylation sites is 1. The van der Waals surface area contributed by atoms with Crippen molar-refractivity contribution in [2.45, 2.75) is 12.9 Å². The maximum atomic E-state index is 11.6. The van der Waals surface area contributed by atoms with Crippen LogP contribution >= 0.6 is 0 Å². The van der Waals surface area contributed by atoms with Crippen molar-refractivity contribution in [3.63, 3.8) is 0 Å². The van der Waals surface area contributed by atoms with E-state index < -0.39 is 13.0 Å². The second-order valence-electron chi connectivity index (χ2n) is 2.95. The number of nitrogens with two attached hydrogens (primary N) is 1. The van der Waals surface area contributed by atoms with Gasteiger partial charge in [-0.2, -0.15) is 0 Å². The Morgan fingerprint density at radius 2 is 1.81 bits per heavy atom. The van der Waals surface area contributed by atoms with Gasteiger partial charge in [0.1, 0.15) is 12.4 Å². The summed E-state index contributed by atoms with van der Waals surface area (Å²) in [4.78, 5) is 0. The van der Waals surface area contributed by atoms with Crippen molar-refractivity contribution in [3.05, 3.63) is 29.8 Å². The quantitative estimate of drug-likeness (QED) is 0.794. The second-order valence-corrected chi connectivity index (χ2v) is 2.95. The maximum Gasteiger partial charge on any atom is 0.522 e. The van der Waals surface area contributed by atoms with Gasteiger partial charge in [0.2, 0.25) is 0 Å². The van der Waals surface area contributed by atoms with E-state index in [9.17, 15) is 13.2 Å². The molecule has 3 nitrogen and oxygen atoms in total. The third kappa shape index (κ3) is 4.50. The fraction of sp³-hybridized carbons (Fsp3) is 0.400. The largest absolute Gasteiger partial charge is 0.522 e. The Morgan fingerprint density at radius 3 is 2.44 bits per heavy atom. The lowest BCUT2D eigenvalue weighted by Crippen LogP contribution is -2.18. The highest BCUT2D eigenvalue weighted by atomic mass is 19.4. The molecule has 1 aromatic rings. The Hall–Kier alpha value is -1.27. The van der Waals surface area contributed by atoms with Crippen molar-refractivity contribution >= 4 is 0 Å². The van der Waals surface area contributed by atoms with Crippen LogP contribution in [0.1, 0.15) is 5.56 Å². The maximum absolute atomic E-state index is 11.6. The summed E-state index contributed by atoms with van der Waals surface area (Å²) in [6.07, 6.45) is -4.61. The van der Waals surface area contributed by atoms with Gasteiger partial charge in [0.15, 0.2) is 0 Å². The molecule has 0 spiro atoms.